The van der Waals surface area contributed by atoms with Crippen LogP contribution in [0.2, 0.25) is 0 Å². The van der Waals surface area contributed by atoms with Gasteiger partial charge in [-0.2, -0.15) is 0 Å². The fraction of sp³-hybridized carbons (Fsp3) is 0.417. The van der Waals surface area contributed by atoms with Crippen molar-refractivity contribution in [2.75, 3.05) is 7.05 Å². The number of carbonyl (C=O) groups excluding carboxylic acids is 1. The van der Waals surface area contributed by atoms with E-state index in [0.717, 1.165) is 4.90 Å². The molecule has 0 heterocycles. The van der Waals surface area contributed by atoms with E-state index in [1.54, 1.807) is 23.9 Å². The van der Waals surface area contributed by atoms with Gasteiger partial charge in [0.15, 0.2) is 0 Å². The quantitative estimate of drug-likeness (QED) is 0.490. The summed E-state index contributed by atoms with van der Waals surface area (Å²) in [6, 6.07) is 7.31. The van der Waals surface area contributed by atoms with Crippen LogP contribution in [-0.2, 0) is 0 Å². The molecule has 1 rings (SSSR count). The van der Waals surface area contributed by atoms with Gasteiger partial charge < -0.3 is 0 Å². The predicted molar refractivity (Wildman–Crippen MR) is 65.9 cm³/mol. The third-order valence-electron chi connectivity index (χ3n) is 1.83. The van der Waals surface area contributed by atoms with E-state index in [-0.39, 0.29) is 10.7 Å². The van der Waals surface area contributed by atoms with Gasteiger partial charge in [0.25, 0.3) is 5.91 Å². The lowest BCUT2D eigenvalue weighted by atomic mass is 10.2. The number of amides is 1. The van der Waals surface area contributed by atoms with E-state index < -0.39 is 0 Å². The Morgan fingerprint density at radius 3 is 2.38 bits per heavy atom. The van der Waals surface area contributed by atoms with Gasteiger partial charge in [-0.3, -0.25) is 10.0 Å². The van der Waals surface area contributed by atoms with Gasteiger partial charge in [-0.05, 0) is 12.1 Å². The molecule has 4 heteroatoms. The number of hydroxylamine groups is 2. The summed E-state index contributed by atoms with van der Waals surface area (Å²) in [6.07, 6.45) is 0. The molecular weight excluding hydrogens is 222 g/mol. The van der Waals surface area contributed by atoms with Crippen LogP contribution in [0.15, 0.2) is 29.2 Å². The number of benzene rings is 1. The summed E-state index contributed by atoms with van der Waals surface area (Å²) in [5.74, 6) is -0.382. The minimum absolute atomic E-state index is 0.0322. The molecule has 0 aliphatic carbocycles. The summed E-state index contributed by atoms with van der Waals surface area (Å²) in [7, 11) is 1.33. The third kappa shape index (κ3) is 3.54. The van der Waals surface area contributed by atoms with E-state index in [0.29, 0.717) is 10.6 Å². The highest BCUT2D eigenvalue weighted by Gasteiger charge is 2.19. The van der Waals surface area contributed by atoms with Crippen LogP contribution in [0.3, 0.4) is 0 Å². The maximum Gasteiger partial charge on any atom is 0.278 e. The largest absolute Gasteiger partial charge is 0.286 e. The molecule has 0 radical (unpaired) electrons. The Kier molecular flexibility index (Phi) is 3.99. The van der Waals surface area contributed by atoms with Crippen molar-refractivity contribution in [3.05, 3.63) is 29.8 Å². The Bertz CT molecular complexity index is 383. The van der Waals surface area contributed by atoms with E-state index in [1.807, 2.05) is 12.1 Å². The minimum atomic E-state index is -0.382. The SMILES string of the molecule is CN(O)C(=O)c1ccccc1SC(C)(C)C. The lowest BCUT2D eigenvalue weighted by molar-refractivity contribution is -0.0377. The molecule has 0 aromatic heterocycles. The first kappa shape index (κ1) is 13.1. The molecule has 0 bridgehead atoms. The second-order valence-electron chi connectivity index (χ2n) is 4.54. The van der Waals surface area contributed by atoms with Gasteiger partial charge in [0.1, 0.15) is 0 Å². The lowest BCUT2D eigenvalue weighted by Crippen LogP contribution is -2.23. The van der Waals surface area contributed by atoms with Gasteiger partial charge in [-0.1, -0.05) is 32.9 Å². The van der Waals surface area contributed by atoms with E-state index in [1.165, 1.54) is 7.05 Å². The zero-order valence-corrected chi connectivity index (χ0v) is 10.8. The normalized spacial score (nSPS) is 11.3. The molecule has 0 atom stereocenters. The van der Waals surface area contributed by atoms with E-state index in [2.05, 4.69) is 20.8 Å². The van der Waals surface area contributed by atoms with Gasteiger partial charge in [0.2, 0.25) is 0 Å². The molecule has 0 spiro atoms. The summed E-state index contributed by atoms with van der Waals surface area (Å²) < 4.78 is 0.0322. The van der Waals surface area contributed by atoms with Crippen molar-refractivity contribution in [3.8, 4) is 0 Å². The fourth-order valence-electron chi connectivity index (χ4n) is 1.24. The van der Waals surface area contributed by atoms with Crippen molar-refractivity contribution < 1.29 is 10.0 Å². The summed E-state index contributed by atoms with van der Waals surface area (Å²) in [6.45, 7) is 6.25. The summed E-state index contributed by atoms with van der Waals surface area (Å²) in [4.78, 5) is 12.6. The first-order valence-electron chi connectivity index (χ1n) is 5.06. The Morgan fingerprint density at radius 2 is 1.88 bits per heavy atom. The van der Waals surface area contributed by atoms with Crippen LogP contribution in [0.25, 0.3) is 0 Å². The Labute approximate surface area is 100 Å². The van der Waals surface area contributed by atoms with Crippen molar-refractivity contribution >= 4 is 17.7 Å². The molecule has 3 nitrogen and oxygen atoms in total. The van der Waals surface area contributed by atoms with Gasteiger partial charge in [0.05, 0.1) is 5.56 Å². The van der Waals surface area contributed by atoms with Crippen molar-refractivity contribution in [1.82, 2.24) is 5.06 Å². The summed E-state index contributed by atoms with van der Waals surface area (Å²) >= 11 is 1.61. The molecule has 1 aromatic rings. The molecule has 1 N–H and O–H groups in total. The smallest absolute Gasteiger partial charge is 0.278 e. The van der Waals surface area contributed by atoms with Gasteiger partial charge in [-0.15, -0.1) is 11.8 Å². The average molecular weight is 239 g/mol. The highest BCUT2D eigenvalue weighted by atomic mass is 32.2. The highest BCUT2D eigenvalue weighted by Crippen LogP contribution is 2.34. The minimum Gasteiger partial charge on any atom is -0.286 e. The molecule has 0 aliphatic rings. The molecule has 0 saturated carbocycles. The van der Waals surface area contributed by atoms with E-state index in [9.17, 15) is 10.0 Å². The van der Waals surface area contributed by atoms with E-state index >= 15 is 0 Å². The molecular formula is C12H17NO2S. The Balaban J connectivity index is 3.06. The number of hydrogen-bond acceptors (Lipinski definition) is 3. The first-order chi connectivity index (χ1) is 7.31. The van der Waals surface area contributed by atoms with Crippen molar-refractivity contribution in [1.29, 1.82) is 0 Å². The topological polar surface area (TPSA) is 40.5 Å². The molecule has 88 valence electrons. The second kappa shape index (κ2) is 4.89. The first-order valence-corrected chi connectivity index (χ1v) is 5.88. The zero-order chi connectivity index (χ0) is 12.3. The van der Waals surface area contributed by atoms with Crippen LogP contribution < -0.4 is 0 Å². The predicted octanol–water partition coefficient (Wildman–Crippen LogP) is 3.04. The average Bonchev–Trinajstić information content (AvgIpc) is 2.15. The van der Waals surface area contributed by atoms with Gasteiger partial charge in [-0.25, -0.2) is 5.06 Å². The number of thioether (sulfide) groups is 1. The molecule has 0 saturated heterocycles. The molecule has 1 amide bonds. The molecule has 1 aromatic carbocycles. The standard InChI is InChI=1S/C12H17NO2S/c1-12(2,3)16-10-8-6-5-7-9(10)11(14)13(4)15/h5-8,15H,1-4H3. The number of carbonyl (C=O) groups is 1. The Morgan fingerprint density at radius 1 is 1.31 bits per heavy atom. The van der Waals surface area contributed by atoms with Crippen LogP contribution in [-0.4, -0.2) is 28.0 Å². The van der Waals surface area contributed by atoms with Crippen LogP contribution in [0, 0.1) is 0 Å². The maximum absolute atomic E-state index is 11.7. The third-order valence-corrected chi connectivity index (χ3v) is 3.02. The molecule has 0 unspecified atom stereocenters. The van der Waals surface area contributed by atoms with Crippen molar-refractivity contribution in [2.45, 2.75) is 30.4 Å². The molecule has 16 heavy (non-hydrogen) atoms. The Hall–Kier alpha value is -1.00. The highest BCUT2D eigenvalue weighted by molar-refractivity contribution is 8.00. The van der Waals surface area contributed by atoms with Gasteiger partial charge >= 0.3 is 0 Å². The van der Waals surface area contributed by atoms with E-state index in [4.69, 9.17) is 0 Å². The lowest BCUT2D eigenvalue weighted by Gasteiger charge is -2.20. The fourth-order valence-corrected chi connectivity index (χ4v) is 2.31. The van der Waals surface area contributed by atoms with Crippen LogP contribution in [0.5, 0.6) is 0 Å². The van der Waals surface area contributed by atoms with Gasteiger partial charge in [0, 0.05) is 16.7 Å². The maximum atomic E-state index is 11.7. The van der Waals surface area contributed by atoms with Crippen LogP contribution >= 0.6 is 11.8 Å². The second-order valence-corrected chi connectivity index (χ2v) is 6.41. The van der Waals surface area contributed by atoms with Crippen molar-refractivity contribution in [3.63, 3.8) is 0 Å². The van der Waals surface area contributed by atoms with Crippen LogP contribution in [0.1, 0.15) is 31.1 Å². The zero-order valence-electron chi connectivity index (χ0n) is 10.0. The number of nitrogens with zero attached hydrogens (tertiary/aromatic N) is 1. The van der Waals surface area contributed by atoms with Crippen LogP contribution in [0.4, 0.5) is 0 Å². The molecule has 0 aliphatic heterocycles. The number of rotatable bonds is 2. The summed E-state index contributed by atoms with van der Waals surface area (Å²) in [5.41, 5.74) is 0.535. The summed E-state index contributed by atoms with van der Waals surface area (Å²) in [5, 5.41) is 9.78. The molecule has 0 fully saturated rings. The van der Waals surface area contributed by atoms with Crippen molar-refractivity contribution in [2.24, 2.45) is 0 Å². The number of hydrogen-bond donors (Lipinski definition) is 1. The monoisotopic (exact) mass is 239 g/mol.